The minimum absolute atomic E-state index is 0.152. The molecule has 0 fully saturated rings. The lowest BCUT2D eigenvalue weighted by Crippen LogP contribution is -2.22. The summed E-state index contributed by atoms with van der Waals surface area (Å²) in [6.45, 7) is 0. The molecule has 1 atom stereocenters. The number of hydrogen-bond donors (Lipinski definition) is 1. The number of halogens is 2. The third kappa shape index (κ3) is 4.01. The van der Waals surface area contributed by atoms with Gasteiger partial charge in [-0.1, -0.05) is 48.5 Å². The van der Waals surface area contributed by atoms with Crippen molar-refractivity contribution in [2.75, 3.05) is 12.4 Å². The van der Waals surface area contributed by atoms with Crippen molar-refractivity contribution in [2.24, 2.45) is 0 Å². The first-order valence-corrected chi connectivity index (χ1v) is 9.44. The molecule has 0 aliphatic rings. The predicted octanol–water partition coefficient (Wildman–Crippen LogP) is 6.16. The zero-order valence-corrected chi connectivity index (χ0v) is 16.2. The Bertz CT molecular complexity index is 1210. The number of nitrogens with one attached hydrogen (secondary N) is 1. The van der Waals surface area contributed by atoms with Gasteiger partial charge in [0.25, 0.3) is 0 Å². The van der Waals surface area contributed by atoms with E-state index in [4.69, 9.17) is 4.74 Å². The molecule has 4 aromatic rings. The molecule has 0 radical (unpaired) electrons. The zero-order valence-electron chi connectivity index (χ0n) is 16.2. The summed E-state index contributed by atoms with van der Waals surface area (Å²) in [4.78, 5) is 13.4. The molecular weight excluding hydrogens is 384 g/mol. The van der Waals surface area contributed by atoms with Crippen LogP contribution in [0.25, 0.3) is 10.8 Å². The Balaban J connectivity index is 1.74. The molecule has 4 rings (SSSR count). The fraction of sp³-hybridized carbons (Fsp3) is 0.0800. The third-order valence-corrected chi connectivity index (χ3v) is 4.98. The van der Waals surface area contributed by atoms with Gasteiger partial charge >= 0.3 is 0 Å². The number of ether oxygens (including phenoxy) is 1. The molecule has 5 heteroatoms. The van der Waals surface area contributed by atoms with Crippen molar-refractivity contribution in [1.29, 1.82) is 0 Å². The monoisotopic (exact) mass is 403 g/mol. The Morgan fingerprint density at radius 1 is 0.867 bits per heavy atom. The molecule has 150 valence electrons. The molecule has 1 N–H and O–H groups in total. The maximum Gasteiger partial charge on any atom is 0.189 e. The summed E-state index contributed by atoms with van der Waals surface area (Å²) in [7, 11) is 1.45. The predicted molar refractivity (Wildman–Crippen MR) is 114 cm³/mol. The standard InChI is InChI=1S/C25H19F2NO2/c1-30-21-12-13-23(22(27)15-21)28-24(17-8-10-20(26)11-9-17)25(29)19-7-6-16-4-2-3-5-18(16)14-19/h2-15,24,28H,1H3. The molecule has 0 saturated carbocycles. The highest BCUT2D eigenvalue weighted by atomic mass is 19.1. The number of rotatable bonds is 6. The van der Waals surface area contributed by atoms with Crippen LogP contribution in [-0.2, 0) is 0 Å². The van der Waals surface area contributed by atoms with Crippen molar-refractivity contribution in [1.82, 2.24) is 0 Å². The van der Waals surface area contributed by atoms with Gasteiger partial charge in [-0.3, -0.25) is 4.79 Å². The second-order valence-electron chi connectivity index (χ2n) is 6.90. The van der Waals surface area contributed by atoms with Crippen molar-refractivity contribution >= 4 is 22.2 Å². The number of methoxy groups -OCH3 is 1. The summed E-state index contributed by atoms with van der Waals surface area (Å²) in [6.07, 6.45) is 0. The molecule has 0 spiro atoms. The topological polar surface area (TPSA) is 38.3 Å². The number of hydrogen-bond acceptors (Lipinski definition) is 3. The van der Waals surface area contributed by atoms with Gasteiger partial charge in [0.05, 0.1) is 12.8 Å². The van der Waals surface area contributed by atoms with Crippen LogP contribution in [0.1, 0.15) is 22.0 Å². The molecule has 3 nitrogen and oxygen atoms in total. The number of benzene rings is 4. The number of anilines is 1. The van der Waals surface area contributed by atoms with E-state index in [0.29, 0.717) is 16.9 Å². The smallest absolute Gasteiger partial charge is 0.189 e. The Labute approximate surface area is 172 Å². The van der Waals surface area contributed by atoms with Crippen LogP contribution in [0.5, 0.6) is 5.75 Å². The Kier molecular flexibility index (Phi) is 5.44. The molecule has 0 aliphatic carbocycles. The second kappa shape index (κ2) is 8.33. The van der Waals surface area contributed by atoms with Gasteiger partial charge in [-0.15, -0.1) is 0 Å². The van der Waals surface area contributed by atoms with Crippen molar-refractivity contribution in [2.45, 2.75) is 6.04 Å². The van der Waals surface area contributed by atoms with Crippen molar-refractivity contribution in [3.8, 4) is 5.75 Å². The maximum atomic E-state index is 14.5. The van der Waals surface area contributed by atoms with Gasteiger partial charge in [-0.2, -0.15) is 0 Å². The highest BCUT2D eigenvalue weighted by Gasteiger charge is 2.23. The normalized spacial score (nSPS) is 11.8. The zero-order chi connectivity index (χ0) is 21.1. The summed E-state index contributed by atoms with van der Waals surface area (Å²) in [5.74, 6) is -0.834. The molecule has 30 heavy (non-hydrogen) atoms. The van der Waals surface area contributed by atoms with Crippen LogP contribution >= 0.6 is 0 Å². The number of carbonyl (C=O) groups excluding carboxylic acids is 1. The van der Waals surface area contributed by atoms with E-state index in [-0.39, 0.29) is 11.5 Å². The fourth-order valence-electron chi connectivity index (χ4n) is 3.36. The summed E-state index contributed by atoms with van der Waals surface area (Å²) in [5.41, 5.74) is 1.16. The van der Waals surface area contributed by atoms with Crippen LogP contribution in [0.4, 0.5) is 14.5 Å². The largest absolute Gasteiger partial charge is 0.497 e. The van der Waals surface area contributed by atoms with Gasteiger partial charge in [0.15, 0.2) is 5.78 Å². The first-order chi connectivity index (χ1) is 14.5. The van der Waals surface area contributed by atoms with E-state index in [1.165, 1.54) is 43.5 Å². The van der Waals surface area contributed by atoms with Crippen LogP contribution in [0.3, 0.4) is 0 Å². The molecule has 0 aromatic heterocycles. The average Bonchev–Trinajstić information content (AvgIpc) is 2.78. The number of fused-ring (bicyclic) bond motifs is 1. The van der Waals surface area contributed by atoms with E-state index < -0.39 is 17.7 Å². The Hall–Kier alpha value is -3.73. The molecular formula is C25H19F2NO2. The van der Waals surface area contributed by atoms with E-state index in [1.807, 2.05) is 30.3 Å². The minimum atomic E-state index is -0.894. The van der Waals surface area contributed by atoms with Crippen LogP contribution < -0.4 is 10.1 Å². The first kappa shape index (κ1) is 19.6. The van der Waals surface area contributed by atoms with Gasteiger partial charge < -0.3 is 10.1 Å². The van der Waals surface area contributed by atoms with Gasteiger partial charge in [-0.25, -0.2) is 8.78 Å². The highest BCUT2D eigenvalue weighted by molar-refractivity contribution is 6.04. The summed E-state index contributed by atoms with van der Waals surface area (Å²) < 4.78 is 33.0. The molecule has 0 bridgehead atoms. The lowest BCUT2D eigenvalue weighted by atomic mass is 9.95. The molecule has 0 saturated heterocycles. The summed E-state index contributed by atoms with van der Waals surface area (Å²) in [5, 5.41) is 4.92. The van der Waals surface area contributed by atoms with Gasteiger partial charge in [0.1, 0.15) is 23.4 Å². The van der Waals surface area contributed by atoms with Gasteiger partial charge in [0, 0.05) is 11.6 Å². The van der Waals surface area contributed by atoms with Crippen LogP contribution in [0.15, 0.2) is 84.9 Å². The Morgan fingerprint density at radius 2 is 1.60 bits per heavy atom. The van der Waals surface area contributed by atoms with Crippen LogP contribution in [-0.4, -0.2) is 12.9 Å². The molecule has 1 unspecified atom stereocenters. The van der Waals surface area contributed by atoms with Crippen molar-refractivity contribution in [3.05, 3.63) is 108 Å². The van der Waals surface area contributed by atoms with E-state index in [9.17, 15) is 13.6 Å². The second-order valence-corrected chi connectivity index (χ2v) is 6.90. The number of ketones is 1. The average molecular weight is 403 g/mol. The lowest BCUT2D eigenvalue weighted by Gasteiger charge is -2.20. The molecule has 4 aromatic carbocycles. The third-order valence-electron chi connectivity index (χ3n) is 4.98. The van der Waals surface area contributed by atoms with E-state index in [2.05, 4.69) is 5.32 Å². The maximum absolute atomic E-state index is 14.5. The van der Waals surface area contributed by atoms with Crippen LogP contribution in [0, 0.1) is 11.6 Å². The molecule has 0 aliphatic heterocycles. The fourth-order valence-corrected chi connectivity index (χ4v) is 3.36. The number of Topliss-reactive ketones (excluding diaryl/α,β-unsaturated/α-hetero) is 1. The first-order valence-electron chi connectivity index (χ1n) is 9.44. The highest BCUT2D eigenvalue weighted by Crippen LogP contribution is 2.28. The minimum Gasteiger partial charge on any atom is -0.497 e. The van der Waals surface area contributed by atoms with E-state index in [1.54, 1.807) is 18.2 Å². The van der Waals surface area contributed by atoms with Crippen molar-refractivity contribution < 1.29 is 18.3 Å². The summed E-state index contributed by atoms with van der Waals surface area (Å²) >= 11 is 0. The molecule has 0 amide bonds. The molecule has 0 heterocycles. The van der Waals surface area contributed by atoms with E-state index >= 15 is 0 Å². The van der Waals surface area contributed by atoms with Gasteiger partial charge in [-0.05, 0) is 46.7 Å². The van der Waals surface area contributed by atoms with Crippen molar-refractivity contribution in [3.63, 3.8) is 0 Å². The van der Waals surface area contributed by atoms with E-state index in [0.717, 1.165) is 10.8 Å². The quantitative estimate of drug-likeness (QED) is 0.392. The summed E-state index contributed by atoms with van der Waals surface area (Å²) in [6, 6.07) is 22.2. The Morgan fingerprint density at radius 3 is 2.30 bits per heavy atom. The number of carbonyl (C=O) groups is 1. The van der Waals surface area contributed by atoms with Crippen LogP contribution in [0.2, 0.25) is 0 Å². The SMILES string of the molecule is COc1ccc(NC(C(=O)c2ccc3ccccc3c2)c2ccc(F)cc2)c(F)c1. The van der Waals surface area contributed by atoms with Gasteiger partial charge in [0.2, 0.25) is 0 Å². The lowest BCUT2D eigenvalue weighted by molar-refractivity contribution is 0.0969.